The van der Waals surface area contributed by atoms with E-state index >= 15 is 0 Å². The van der Waals surface area contributed by atoms with Crippen LogP contribution in [0.25, 0.3) is 0 Å². The molecular weight excluding hydrogens is 634 g/mol. The van der Waals surface area contributed by atoms with Crippen LogP contribution in [-0.4, -0.2) is 134 Å². The van der Waals surface area contributed by atoms with Gasteiger partial charge in [-0.15, -0.1) is 0 Å². The van der Waals surface area contributed by atoms with E-state index in [0.29, 0.717) is 0 Å². The van der Waals surface area contributed by atoms with Gasteiger partial charge in [-0.25, -0.2) is 14.5 Å². The fraction of sp³-hybridized carbons (Fsp3) is 0.793. The van der Waals surface area contributed by atoms with E-state index in [2.05, 4.69) is 0 Å². The van der Waals surface area contributed by atoms with Crippen LogP contribution in [0.2, 0.25) is 0 Å². The van der Waals surface area contributed by atoms with Gasteiger partial charge >= 0.3 is 30.0 Å². The molecule has 18 nitrogen and oxygen atoms in total. The molecule has 0 aliphatic carbocycles. The molecule has 11 atom stereocenters. The number of esters is 4. The van der Waals surface area contributed by atoms with Gasteiger partial charge in [0.25, 0.3) is 5.79 Å². The van der Waals surface area contributed by atoms with Gasteiger partial charge in [-0.1, -0.05) is 0 Å². The first-order valence-corrected chi connectivity index (χ1v) is 14.9. The molecule has 18 heteroatoms. The molecule has 0 bridgehead atoms. The van der Waals surface area contributed by atoms with Crippen molar-refractivity contribution in [3.8, 4) is 0 Å². The Morgan fingerprint density at radius 3 is 2.13 bits per heavy atom. The van der Waals surface area contributed by atoms with Crippen molar-refractivity contribution in [1.29, 1.82) is 0 Å². The van der Waals surface area contributed by atoms with E-state index < -0.39 is 122 Å². The molecule has 2 amide bonds. The summed E-state index contributed by atoms with van der Waals surface area (Å²) < 4.78 is 63.2. The van der Waals surface area contributed by atoms with E-state index in [4.69, 9.17) is 52.1 Å². The Balaban J connectivity index is 1.84. The number of hydrogen-bond acceptors (Lipinski definition) is 17. The number of carbonyl (C=O) groups excluding carboxylic acids is 6. The first-order valence-electron chi connectivity index (χ1n) is 14.9. The number of ether oxygens (including phenoxy) is 11. The number of methoxy groups -OCH3 is 2. The average Bonchev–Trinajstić information content (AvgIpc) is 3.48. The maximum Gasteiger partial charge on any atom is 0.417 e. The summed E-state index contributed by atoms with van der Waals surface area (Å²) in [5.41, 5.74) is 0. The highest BCUT2D eigenvalue weighted by molar-refractivity contribution is 5.93. The van der Waals surface area contributed by atoms with Crippen molar-refractivity contribution < 1.29 is 80.9 Å². The highest BCUT2D eigenvalue weighted by atomic mass is 16.8. The Hall–Kier alpha value is -3.42. The van der Waals surface area contributed by atoms with Crippen LogP contribution in [0.3, 0.4) is 0 Å². The quantitative estimate of drug-likeness (QED) is 0.222. The minimum Gasteiger partial charge on any atom is -0.465 e. The van der Waals surface area contributed by atoms with Gasteiger partial charge in [0.05, 0.1) is 19.6 Å². The van der Waals surface area contributed by atoms with Crippen LogP contribution in [0.1, 0.15) is 54.9 Å². The van der Waals surface area contributed by atoms with Crippen LogP contribution in [0, 0.1) is 0 Å². The lowest BCUT2D eigenvalue weighted by molar-refractivity contribution is -0.354. The third-order valence-corrected chi connectivity index (χ3v) is 7.98. The van der Waals surface area contributed by atoms with Crippen LogP contribution in [0.15, 0.2) is 0 Å². The van der Waals surface area contributed by atoms with Gasteiger partial charge < -0.3 is 52.1 Å². The van der Waals surface area contributed by atoms with Crippen molar-refractivity contribution in [3.05, 3.63) is 0 Å². The molecule has 0 radical (unpaired) electrons. The van der Waals surface area contributed by atoms with E-state index in [9.17, 15) is 28.8 Å². The number of fused-ring (bicyclic) bond motifs is 2. The average molecular weight is 676 g/mol. The standard InChI is InChI=1S/C29H41NO17/c1-12-20(23-24(25(37-8)40-12)45-28(6,7)44-23)46-29(26(35)38-9)10-17-19(30(13(2)31)27(36)43-17)22(47-29)21(42-16(5)34)18(41-15(4)33)11-39-14(3)32/h12,17-25H,10-11H2,1-9H3/t12-,17-,18+,19+,20-,21+,22+,23+,24+,25+,29-/m0/s1. The summed E-state index contributed by atoms with van der Waals surface area (Å²) in [5.74, 6) is -7.95. The summed E-state index contributed by atoms with van der Waals surface area (Å²) in [6.45, 7) is 8.63. The van der Waals surface area contributed by atoms with Crippen molar-refractivity contribution in [2.75, 3.05) is 20.8 Å². The molecule has 0 spiro atoms. The second-order valence-electron chi connectivity index (χ2n) is 11.9. The third-order valence-electron chi connectivity index (χ3n) is 7.98. The maximum atomic E-state index is 13.8. The Labute approximate surface area is 270 Å². The van der Waals surface area contributed by atoms with Crippen molar-refractivity contribution in [1.82, 2.24) is 4.90 Å². The molecule has 0 aromatic carbocycles. The normalized spacial score (nSPS) is 35.4. The largest absolute Gasteiger partial charge is 0.465 e. The van der Waals surface area contributed by atoms with Gasteiger partial charge in [0, 0.05) is 34.8 Å². The minimum atomic E-state index is -2.43. The van der Waals surface area contributed by atoms with Crippen LogP contribution in [0.5, 0.6) is 0 Å². The smallest absolute Gasteiger partial charge is 0.417 e. The predicted octanol–water partition coefficient (Wildman–Crippen LogP) is 0.104. The lowest BCUT2D eigenvalue weighted by Gasteiger charge is -2.49. The van der Waals surface area contributed by atoms with Gasteiger partial charge in [0.1, 0.15) is 43.2 Å². The monoisotopic (exact) mass is 675 g/mol. The zero-order chi connectivity index (χ0) is 35.0. The molecular formula is C29H41NO17. The van der Waals surface area contributed by atoms with Crippen LogP contribution in [-0.2, 0) is 76.1 Å². The summed E-state index contributed by atoms with van der Waals surface area (Å²) >= 11 is 0. The second-order valence-corrected chi connectivity index (χ2v) is 11.9. The molecule has 47 heavy (non-hydrogen) atoms. The highest BCUT2D eigenvalue weighted by Gasteiger charge is 2.66. The van der Waals surface area contributed by atoms with E-state index in [-0.39, 0.29) is 0 Å². The summed E-state index contributed by atoms with van der Waals surface area (Å²) in [6.07, 6.45) is -12.4. The van der Waals surface area contributed by atoms with Crippen molar-refractivity contribution in [3.63, 3.8) is 0 Å². The molecule has 4 fully saturated rings. The number of nitrogens with zero attached hydrogens (tertiary/aromatic N) is 1. The SMILES string of the molecule is COC(=O)[C@]1(O[C@@H]2[C@H]3OC(C)(C)O[C@H]3[C@H](OC)O[C@H]2C)C[C@@H]2OC(=O)N(C(C)=O)[C@H]2[C@H]([C@H](OC(C)=O)[C@@H](COC(C)=O)OC(C)=O)O1. The Bertz CT molecular complexity index is 1250. The number of rotatable bonds is 10. The van der Waals surface area contributed by atoms with E-state index in [1.165, 1.54) is 7.11 Å². The minimum absolute atomic E-state index is 0.510. The molecule has 4 rings (SSSR count). The van der Waals surface area contributed by atoms with Crippen LogP contribution >= 0.6 is 0 Å². The molecule has 4 aliphatic rings. The molecule has 0 aromatic rings. The fourth-order valence-corrected chi connectivity index (χ4v) is 6.32. The summed E-state index contributed by atoms with van der Waals surface area (Å²) in [4.78, 5) is 76.7. The first-order chi connectivity index (χ1) is 21.9. The summed E-state index contributed by atoms with van der Waals surface area (Å²) in [5, 5.41) is 0. The molecule has 0 N–H and O–H groups in total. The van der Waals surface area contributed by atoms with E-state index in [1.54, 1.807) is 20.8 Å². The topological polar surface area (TPSA) is 207 Å². The van der Waals surface area contributed by atoms with Gasteiger partial charge in [-0.3, -0.25) is 19.2 Å². The van der Waals surface area contributed by atoms with Crippen molar-refractivity contribution >= 4 is 35.9 Å². The predicted molar refractivity (Wildman–Crippen MR) is 149 cm³/mol. The molecule has 4 saturated heterocycles. The molecule has 0 saturated carbocycles. The molecule has 4 heterocycles. The molecule has 4 aliphatic heterocycles. The number of hydrogen-bond donors (Lipinski definition) is 0. The lowest BCUT2D eigenvalue weighted by Crippen LogP contribution is -2.69. The first kappa shape index (κ1) is 36.4. The Morgan fingerprint density at radius 1 is 0.936 bits per heavy atom. The number of imide groups is 1. The Kier molecular flexibility index (Phi) is 10.8. The third kappa shape index (κ3) is 7.52. The Morgan fingerprint density at radius 2 is 1.57 bits per heavy atom. The molecule has 0 unspecified atom stereocenters. The summed E-state index contributed by atoms with van der Waals surface area (Å²) in [7, 11) is 2.49. The van der Waals surface area contributed by atoms with Crippen LogP contribution in [0.4, 0.5) is 4.79 Å². The van der Waals surface area contributed by atoms with Crippen molar-refractivity contribution in [2.24, 2.45) is 0 Å². The van der Waals surface area contributed by atoms with Crippen molar-refractivity contribution in [2.45, 2.75) is 128 Å². The zero-order valence-electron chi connectivity index (χ0n) is 27.6. The summed E-state index contributed by atoms with van der Waals surface area (Å²) in [6, 6.07) is -1.35. The van der Waals surface area contributed by atoms with Gasteiger partial charge in [0.15, 0.2) is 24.3 Å². The highest BCUT2D eigenvalue weighted by Crippen LogP contribution is 2.46. The maximum absolute atomic E-state index is 13.8. The molecule has 264 valence electrons. The second kappa shape index (κ2) is 14.0. The number of carbonyl (C=O) groups is 6. The van der Waals surface area contributed by atoms with E-state index in [1.807, 2.05) is 0 Å². The van der Waals surface area contributed by atoms with Gasteiger partial charge in [-0.2, -0.15) is 0 Å². The van der Waals surface area contributed by atoms with Gasteiger partial charge in [-0.05, 0) is 20.8 Å². The molecule has 0 aromatic heterocycles. The zero-order valence-corrected chi connectivity index (χ0v) is 27.6. The van der Waals surface area contributed by atoms with Gasteiger partial charge in [0.2, 0.25) is 5.91 Å². The lowest BCUT2D eigenvalue weighted by atomic mass is 9.87. The fourth-order valence-electron chi connectivity index (χ4n) is 6.32. The van der Waals surface area contributed by atoms with Crippen LogP contribution < -0.4 is 0 Å². The van der Waals surface area contributed by atoms with E-state index in [0.717, 1.165) is 39.7 Å². The number of amides is 2.